The highest BCUT2D eigenvalue weighted by atomic mass is 79.9. The summed E-state index contributed by atoms with van der Waals surface area (Å²) in [5.41, 5.74) is 6.22. The van der Waals surface area contributed by atoms with Crippen molar-refractivity contribution in [3.63, 3.8) is 0 Å². The van der Waals surface area contributed by atoms with E-state index in [0.717, 1.165) is 16.6 Å². The molecule has 0 saturated carbocycles. The van der Waals surface area contributed by atoms with E-state index in [9.17, 15) is 0 Å². The van der Waals surface area contributed by atoms with E-state index >= 15 is 0 Å². The van der Waals surface area contributed by atoms with Gasteiger partial charge in [-0.15, -0.1) is 0 Å². The van der Waals surface area contributed by atoms with Crippen LogP contribution in [0.15, 0.2) is 16.7 Å². The normalized spacial score (nSPS) is 9.25. The van der Waals surface area contributed by atoms with Crippen LogP contribution in [0.2, 0.25) is 5.02 Å². The third-order valence-corrected chi connectivity index (χ3v) is 2.03. The molecule has 0 saturated heterocycles. The highest BCUT2D eigenvalue weighted by Crippen LogP contribution is 2.18. The van der Waals surface area contributed by atoms with Gasteiger partial charge in [-0.1, -0.05) is 11.6 Å². The van der Waals surface area contributed by atoms with Crippen molar-refractivity contribution >= 4 is 27.5 Å². The molecule has 0 bridgehead atoms. The molecule has 0 aliphatic carbocycles. The first-order valence-electron chi connectivity index (χ1n) is 3.24. The average molecular weight is 271 g/mol. The number of nitrogens with two attached hydrogens (primary N) is 1. The van der Waals surface area contributed by atoms with Gasteiger partial charge in [-0.05, 0) is 28.5 Å². The van der Waals surface area contributed by atoms with E-state index in [4.69, 9.17) is 17.3 Å². The van der Waals surface area contributed by atoms with E-state index in [1.165, 1.54) is 0 Å². The summed E-state index contributed by atoms with van der Waals surface area (Å²) in [6, 6.07) is 1.82. The van der Waals surface area contributed by atoms with Crippen molar-refractivity contribution < 1.29 is 12.4 Å². The van der Waals surface area contributed by atoms with Gasteiger partial charge in [0.25, 0.3) is 0 Å². The summed E-state index contributed by atoms with van der Waals surface area (Å²) in [6.07, 6.45) is 2.45. The molecule has 0 atom stereocenters. The second kappa shape index (κ2) is 5.75. The predicted octanol–water partition coefficient (Wildman–Crippen LogP) is -0.997. The fourth-order valence-corrected chi connectivity index (χ4v) is 1.49. The van der Waals surface area contributed by atoms with E-state index in [2.05, 4.69) is 20.9 Å². The predicted molar refractivity (Wildman–Crippen MR) is 49.7 cm³/mol. The van der Waals surface area contributed by atoms with Crippen molar-refractivity contribution in [2.24, 2.45) is 5.73 Å². The Bertz CT molecular complexity index is 255. The second-order valence-corrected chi connectivity index (χ2v) is 3.44. The Kier molecular flexibility index (Phi) is 5.84. The van der Waals surface area contributed by atoms with E-state index in [1.54, 1.807) is 6.20 Å². The van der Waals surface area contributed by atoms with Gasteiger partial charge in [0.2, 0.25) is 0 Å². The quantitative estimate of drug-likeness (QED) is 0.749. The summed E-state index contributed by atoms with van der Waals surface area (Å²) in [5.74, 6) is 0. The maximum Gasteiger partial charge on any atom is 0.0633 e. The van der Waals surface area contributed by atoms with Gasteiger partial charge < -0.3 is 18.1 Å². The van der Waals surface area contributed by atoms with Crippen LogP contribution in [-0.4, -0.2) is 11.5 Å². The smallest absolute Gasteiger partial charge is 0.0633 e. The third kappa shape index (κ3) is 3.27. The van der Waals surface area contributed by atoms with Gasteiger partial charge in [0.1, 0.15) is 0 Å². The lowest BCUT2D eigenvalue weighted by atomic mass is 10.3. The largest absolute Gasteiger partial charge is 1.00 e. The monoisotopic (exact) mass is 269 g/mol. The van der Waals surface area contributed by atoms with Crippen LogP contribution in [0, 0.1) is 0 Å². The number of halogens is 3. The topological polar surface area (TPSA) is 38.9 Å². The Balaban J connectivity index is 0.00000121. The van der Waals surface area contributed by atoms with Gasteiger partial charge in [0.15, 0.2) is 0 Å². The lowest BCUT2D eigenvalue weighted by Crippen LogP contribution is -3.00. The van der Waals surface area contributed by atoms with Crippen LogP contribution in [-0.2, 0) is 6.42 Å². The summed E-state index contributed by atoms with van der Waals surface area (Å²) < 4.78 is 0.892. The molecule has 0 aromatic carbocycles. The molecule has 2 N–H and O–H groups in total. The van der Waals surface area contributed by atoms with Crippen LogP contribution in [0.3, 0.4) is 0 Å². The van der Waals surface area contributed by atoms with Crippen LogP contribution in [0.4, 0.5) is 0 Å². The van der Waals surface area contributed by atoms with Crippen molar-refractivity contribution in [3.05, 3.63) is 27.5 Å². The highest BCUT2D eigenvalue weighted by molar-refractivity contribution is 9.10. The fourth-order valence-electron chi connectivity index (χ4n) is 0.764. The van der Waals surface area contributed by atoms with E-state index in [0.29, 0.717) is 11.6 Å². The van der Waals surface area contributed by atoms with Gasteiger partial charge in [0, 0.05) is 17.1 Å². The molecule has 0 amide bonds. The molecule has 0 unspecified atom stereocenters. The molecule has 5 heteroatoms. The lowest BCUT2D eigenvalue weighted by molar-refractivity contribution is -0.00000223. The summed E-state index contributed by atoms with van der Waals surface area (Å²) >= 11 is 9.13. The summed E-state index contributed by atoms with van der Waals surface area (Å²) in [6.45, 7) is 0.578. The second-order valence-electron chi connectivity index (χ2n) is 2.12. The van der Waals surface area contributed by atoms with E-state index in [-0.39, 0.29) is 12.4 Å². The molecular weight excluding hydrogens is 263 g/mol. The van der Waals surface area contributed by atoms with Gasteiger partial charge >= 0.3 is 0 Å². The molecule has 0 aliphatic heterocycles. The zero-order chi connectivity index (χ0) is 8.27. The number of pyridine rings is 1. The number of aromatic nitrogens is 1. The number of hydrogen-bond donors (Lipinski definition) is 1. The highest BCUT2D eigenvalue weighted by Gasteiger charge is 2.00. The first-order valence-corrected chi connectivity index (χ1v) is 4.41. The number of nitrogens with zero attached hydrogens (tertiary/aromatic N) is 1. The van der Waals surface area contributed by atoms with Crippen LogP contribution < -0.4 is 18.1 Å². The Hall–Kier alpha value is 0.170. The Morgan fingerprint density at radius 1 is 1.58 bits per heavy atom. The SMILES string of the molecule is NCCc1ncc(Br)cc1Cl.[Cl-]. The van der Waals surface area contributed by atoms with Crippen LogP contribution in [0.25, 0.3) is 0 Å². The summed E-state index contributed by atoms with van der Waals surface area (Å²) in [7, 11) is 0. The Morgan fingerprint density at radius 2 is 2.25 bits per heavy atom. The fraction of sp³-hybridized carbons (Fsp3) is 0.286. The van der Waals surface area contributed by atoms with E-state index < -0.39 is 0 Å². The zero-order valence-electron chi connectivity index (χ0n) is 6.23. The molecule has 1 aromatic rings. The van der Waals surface area contributed by atoms with Crippen molar-refractivity contribution in [1.29, 1.82) is 0 Å². The molecule has 1 heterocycles. The molecule has 0 fully saturated rings. The average Bonchev–Trinajstić information content (AvgIpc) is 1.95. The molecule has 2 nitrogen and oxygen atoms in total. The van der Waals surface area contributed by atoms with Gasteiger partial charge in [-0.3, -0.25) is 4.98 Å². The maximum absolute atomic E-state index is 5.86. The molecule has 68 valence electrons. The van der Waals surface area contributed by atoms with Crippen molar-refractivity contribution in [3.8, 4) is 0 Å². The molecule has 12 heavy (non-hydrogen) atoms. The summed E-state index contributed by atoms with van der Waals surface area (Å²) in [5, 5.41) is 0.671. The van der Waals surface area contributed by atoms with Crippen molar-refractivity contribution in [1.82, 2.24) is 4.98 Å². The minimum Gasteiger partial charge on any atom is -1.00 e. The Morgan fingerprint density at radius 3 is 2.75 bits per heavy atom. The van der Waals surface area contributed by atoms with Crippen LogP contribution in [0.1, 0.15) is 5.69 Å². The molecule has 1 rings (SSSR count). The molecule has 0 spiro atoms. The van der Waals surface area contributed by atoms with Crippen LogP contribution >= 0.6 is 27.5 Å². The minimum absolute atomic E-state index is 0. The number of hydrogen-bond acceptors (Lipinski definition) is 2. The minimum atomic E-state index is 0. The molecular formula is C7H8BrCl2N2-. The van der Waals surface area contributed by atoms with Gasteiger partial charge in [-0.2, -0.15) is 0 Å². The standard InChI is InChI=1S/C7H8BrClN2.ClH/c8-5-3-6(9)7(1-2-10)11-4-5;/h3-4H,1-2,10H2;1H/p-1. The first kappa shape index (κ1) is 12.2. The lowest BCUT2D eigenvalue weighted by Gasteiger charge is -2.00. The third-order valence-electron chi connectivity index (χ3n) is 1.27. The molecule has 1 aromatic heterocycles. The summed E-state index contributed by atoms with van der Waals surface area (Å²) in [4.78, 5) is 4.11. The molecule has 0 aliphatic rings. The van der Waals surface area contributed by atoms with Crippen molar-refractivity contribution in [2.45, 2.75) is 6.42 Å². The van der Waals surface area contributed by atoms with Gasteiger partial charge in [-0.25, -0.2) is 0 Å². The zero-order valence-corrected chi connectivity index (χ0v) is 9.33. The number of rotatable bonds is 2. The Labute approximate surface area is 91.0 Å². The first-order chi connectivity index (χ1) is 5.24. The van der Waals surface area contributed by atoms with Crippen LogP contribution in [0.5, 0.6) is 0 Å². The maximum atomic E-state index is 5.86. The van der Waals surface area contributed by atoms with Crippen molar-refractivity contribution in [2.75, 3.05) is 6.54 Å². The molecule has 0 radical (unpaired) electrons. The van der Waals surface area contributed by atoms with E-state index in [1.807, 2.05) is 6.07 Å². The van der Waals surface area contributed by atoms with Gasteiger partial charge in [0.05, 0.1) is 10.7 Å².